The maximum Gasteiger partial charge on any atom is 0.263 e. The predicted octanol–water partition coefficient (Wildman–Crippen LogP) is 7.59. The largest absolute Gasteiger partial charge is 0.268 e. The Morgan fingerprint density at radius 2 is 1.56 bits per heavy atom. The summed E-state index contributed by atoms with van der Waals surface area (Å²) in [6, 6.07) is 29.1. The van der Waals surface area contributed by atoms with Gasteiger partial charge in [-0.3, -0.25) is 9.36 Å². The Balaban J connectivity index is 1.58. The van der Waals surface area contributed by atoms with E-state index in [9.17, 15) is 4.79 Å². The molecule has 3 nitrogen and oxygen atoms in total. The summed E-state index contributed by atoms with van der Waals surface area (Å²) in [7, 11) is 0. The first-order chi connectivity index (χ1) is 17.6. The SMILES string of the molecule is C[C@]1(C2CCCCC2)Cc2ccccc2-c2nc(SCc3ccccc3)n(-c3ccccc3)c(=O)c21. The van der Waals surface area contributed by atoms with E-state index >= 15 is 0 Å². The summed E-state index contributed by atoms with van der Waals surface area (Å²) in [5.41, 5.74) is 6.26. The summed E-state index contributed by atoms with van der Waals surface area (Å²) in [6.07, 6.45) is 7.09. The molecule has 1 saturated carbocycles. The van der Waals surface area contributed by atoms with Gasteiger partial charge in [0.05, 0.1) is 16.9 Å². The lowest BCUT2D eigenvalue weighted by Crippen LogP contribution is -2.45. The first kappa shape index (κ1) is 23.3. The number of aromatic nitrogens is 2. The minimum Gasteiger partial charge on any atom is -0.268 e. The third-order valence-corrected chi connectivity index (χ3v) is 9.19. The highest BCUT2D eigenvalue weighted by molar-refractivity contribution is 7.98. The molecule has 6 rings (SSSR count). The molecule has 0 amide bonds. The first-order valence-electron chi connectivity index (χ1n) is 13.1. The molecule has 0 bridgehead atoms. The van der Waals surface area contributed by atoms with E-state index < -0.39 is 0 Å². The zero-order chi connectivity index (χ0) is 24.5. The monoisotopic (exact) mass is 492 g/mol. The van der Waals surface area contributed by atoms with Crippen molar-refractivity contribution in [3.63, 3.8) is 0 Å². The lowest BCUT2D eigenvalue weighted by molar-refractivity contribution is 0.212. The summed E-state index contributed by atoms with van der Waals surface area (Å²) in [5.74, 6) is 1.26. The van der Waals surface area contributed by atoms with Crippen LogP contribution in [0.15, 0.2) is 94.9 Å². The van der Waals surface area contributed by atoms with Gasteiger partial charge in [0.15, 0.2) is 5.16 Å². The molecule has 0 saturated heterocycles. The molecule has 1 heterocycles. The molecule has 4 aromatic rings. The minimum atomic E-state index is -0.215. The summed E-state index contributed by atoms with van der Waals surface area (Å²) in [5, 5.41) is 0.761. The van der Waals surface area contributed by atoms with Crippen LogP contribution in [0.1, 0.15) is 55.7 Å². The first-order valence-corrected chi connectivity index (χ1v) is 14.1. The van der Waals surface area contributed by atoms with Crippen molar-refractivity contribution in [2.24, 2.45) is 5.92 Å². The maximum absolute atomic E-state index is 14.6. The second-order valence-corrected chi connectivity index (χ2v) is 11.4. The number of para-hydroxylation sites is 1. The summed E-state index contributed by atoms with van der Waals surface area (Å²) in [6.45, 7) is 2.34. The second kappa shape index (κ2) is 9.74. The smallest absolute Gasteiger partial charge is 0.263 e. The van der Waals surface area contributed by atoms with Crippen molar-refractivity contribution in [2.75, 3.05) is 0 Å². The van der Waals surface area contributed by atoms with E-state index in [0.717, 1.165) is 39.8 Å². The van der Waals surface area contributed by atoms with Crippen LogP contribution in [0.3, 0.4) is 0 Å². The Morgan fingerprint density at radius 3 is 2.31 bits per heavy atom. The van der Waals surface area contributed by atoms with Gasteiger partial charge in [-0.15, -0.1) is 0 Å². The molecule has 36 heavy (non-hydrogen) atoms. The number of nitrogens with zero attached hydrogens (tertiary/aromatic N) is 2. The minimum absolute atomic E-state index is 0.101. The van der Waals surface area contributed by atoms with E-state index in [2.05, 4.69) is 55.5 Å². The van der Waals surface area contributed by atoms with Gasteiger partial charge in [-0.05, 0) is 48.4 Å². The van der Waals surface area contributed by atoms with Crippen LogP contribution >= 0.6 is 11.8 Å². The Hall–Kier alpha value is -3.11. The fraction of sp³-hybridized carbons (Fsp3) is 0.312. The normalized spacial score (nSPS) is 19.5. The zero-order valence-electron chi connectivity index (χ0n) is 20.8. The molecular formula is C32H32N2OS. The standard InChI is InChI=1S/C32H32N2OS/c1-32(25-16-7-3-8-17-25)21-24-15-11-12-20-27(24)29-28(32)30(35)34(26-18-9-4-10-19-26)31(33-29)36-22-23-13-5-2-6-14-23/h2,4-6,9-15,18-20,25H,3,7-8,16-17,21-22H2,1H3/t32-/m1/s1. The lowest BCUT2D eigenvalue weighted by atomic mass is 9.60. The molecule has 2 aliphatic rings. The summed E-state index contributed by atoms with van der Waals surface area (Å²) >= 11 is 1.64. The van der Waals surface area contributed by atoms with Gasteiger partial charge in [-0.25, -0.2) is 4.98 Å². The van der Waals surface area contributed by atoms with Crippen LogP contribution in [-0.4, -0.2) is 9.55 Å². The van der Waals surface area contributed by atoms with Gasteiger partial charge in [-0.1, -0.05) is 111 Å². The van der Waals surface area contributed by atoms with Gasteiger partial charge in [0.25, 0.3) is 5.56 Å². The van der Waals surface area contributed by atoms with Crippen LogP contribution in [0, 0.1) is 5.92 Å². The average Bonchev–Trinajstić information content (AvgIpc) is 2.93. The van der Waals surface area contributed by atoms with Crippen molar-refractivity contribution in [1.82, 2.24) is 9.55 Å². The van der Waals surface area contributed by atoms with E-state index in [-0.39, 0.29) is 11.0 Å². The zero-order valence-corrected chi connectivity index (χ0v) is 21.6. The van der Waals surface area contributed by atoms with Crippen molar-refractivity contribution >= 4 is 11.8 Å². The molecule has 1 atom stereocenters. The van der Waals surface area contributed by atoms with E-state index in [4.69, 9.17) is 4.98 Å². The van der Waals surface area contributed by atoms with Crippen LogP contribution in [0.4, 0.5) is 0 Å². The number of fused-ring (bicyclic) bond motifs is 3. The van der Waals surface area contributed by atoms with Crippen LogP contribution in [0.5, 0.6) is 0 Å². The topological polar surface area (TPSA) is 34.9 Å². The number of rotatable bonds is 5. The molecule has 1 aromatic heterocycles. The Morgan fingerprint density at radius 1 is 0.889 bits per heavy atom. The van der Waals surface area contributed by atoms with Gasteiger partial charge in [0, 0.05) is 16.7 Å². The average molecular weight is 493 g/mol. The number of thioether (sulfide) groups is 1. The van der Waals surface area contributed by atoms with E-state index in [1.54, 1.807) is 11.8 Å². The molecule has 0 unspecified atom stereocenters. The van der Waals surface area contributed by atoms with E-state index in [1.165, 1.54) is 43.2 Å². The van der Waals surface area contributed by atoms with Crippen LogP contribution in [-0.2, 0) is 17.6 Å². The van der Waals surface area contributed by atoms with Crippen molar-refractivity contribution in [1.29, 1.82) is 0 Å². The molecule has 0 aliphatic heterocycles. The molecule has 0 radical (unpaired) electrons. The Bertz CT molecular complexity index is 1420. The second-order valence-electron chi connectivity index (χ2n) is 10.5. The van der Waals surface area contributed by atoms with Gasteiger partial charge < -0.3 is 0 Å². The molecule has 0 spiro atoms. The summed E-state index contributed by atoms with van der Waals surface area (Å²) in [4.78, 5) is 19.9. The number of hydrogen-bond acceptors (Lipinski definition) is 3. The highest BCUT2D eigenvalue weighted by Gasteiger charge is 2.45. The molecule has 0 N–H and O–H groups in total. The lowest BCUT2D eigenvalue weighted by Gasteiger charge is -2.44. The highest BCUT2D eigenvalue weighted by Crippen LogP contribution is 2.49. The van der Waals surface area contributed by atoms with Gasteiger partial charge >= 0.3 is 0 Å². The van der Waals surface area contributed by atoms with Crippen molar-refractivity contribution in [3.8, 4) is 16.9 Å². The molecule has 1 fully saturated rings. The van der Waals surface area contributed by atoms with Crippen molar-refractivity contribution in [3.05, 3.63) is 112 Å². The predicted molar refractivity (Wildman–Crippen MR) is 149 cm³/mol. The third-order valence-electron chi connectivity index (χ3n) is 8.19. The fourth-order valence-corrected chi connectivity index (χ4v) is 7.27. The Labute approximate surface area is 217 Å². The van der Waals surface area contributed by atoms with Gasteiger partial charge in [0.1, 0.15) is 0 Å². The Kier molecular flexibility index (Phi) is 6.30. The van der Waals surface area contributed by atoms with Crippen molar-refractivity contribution in [2.45, 2.75) is 61.8 Å². The number of hydrogen-bond donors (Lipinski definition) is 0. The number of benzene rings is 3. The molecule has 3 aromatic carbocycles. The van der Waals surface area contributed by atoms with Crippen LogP contribution in [0.2, 0.25) is 0 Å². The quantitative estimate of drug-likeness (QED) is 0.213. The van der Waals surface area contributed by atoms with E-state index in [1.807, 2.05) is 41.0 Å². The maximum atomic E-state index is 14.6. The fourth-order valence-electron chi connectivity index (χ4n) is 6.31. The van der Waals surface area contributed by atoms with Gasteiger partial charge in [-0.2, -0.15) is 0 Å². The molecule has 182 valence electrons. The van der Waals surface area contributed by atoms with Gasteiger partial charge in [0.2, 0.25) is 0 Å². The molecule has 2 aliphatic carbocycles. The van der Waals surface area contributed by atoms with Crippen LogP contribution < -0.4 is 5.56 Å². The summed E-state index contributed by atoms with van der Waals surface area (Å²) < 4.78 is 1.88. The highest BCUT2D eigenvalue weighted by atomic mass is 32.2. The molecule has 4 heteroatoms. The third kappa shape index (κ3) is 4.12. The van der Waals surface area contributed by atoms with E-state index in [0.29, 0.717) is 5.92 Å². The molecular weight excluding hydrogens is 460 g/mol. The van der Waals surface area contributed by atoms with Crippen molar-refractivity contribution < 1.29 is 0 Å². The van der Waals surface area contributed by atoms with Crippen LogP contribution in [0.25, 0.3) is 16.9 Å².